The second-order valence-electron chi connectivity index (χ2n) is 4.58. The highest BCUT2D eigenvalue weighted by atomic mass is 16.6. The number of aryl methyl sites for hydroxylation is 1. The lowest BCUT2D eigenvalue weighted by molar-refractivity contribution is -0.148. The first kappa shape index (κ1) is 16.5. The van der Waals surface area contributed by atoms with E-state index in [0.717, 1.165) is 12.1 Å². The second-order valence-corrected chi connectivity index (χ2v) is 4.58. The molecule has 1 aromatic carbocycles. The zero-order valence-electron chi connectivity index (χ0n) is 12.5. The molecule has 0 spiro atoms. The van der Waals surface area contributed by atoms with Crippen LogP contribution in [-0.2, 0) is 20.7 Å². The lowest BCUT2D eigenvalue weighted by Gasteiger charge is -2.08. The van der Waals surface area contributed by atoms with Crippen molar-refractivity contribution in [2.45, 2.75) is 33.1 Å². The number of nitrogens with one attached hydrogen (secondary N) is 1. The van der Waals surface area contributed by atoms with Gasteiger partial charge in [-0.1, -0.05) is 25.5 Å². The van der Waals surface area contributed by atoms with Crippen LogP contribution in [0.4, 0.5) is 5.69 Å². The van der Waals surface area contributed by atoms with E-state index in [0.29, 0.717) is 19.8 Å². The maximum Gasteiger partial charge on any atom is 0.332 e. The topological polar surface area (TPSA) is 47.6 Å². The summed E-state index contributed by atoms with van der Waals surface area (Å²) in [4.78, 5) is 11.0. The number of hydrogen-bond donors (Lipinski definition) is 1. The molecule has 0 heterocycles. The molecule has 1 rings (SSSR count). The van der Waals surface area contributed by atoms with Crippen LogP contribution in [0.25, 0.3) is 0 Å². The highest BCUT2D eigenvalue weighted by molar-refractivity contribution is 5.70. The fraction of sp³-hybridized carbons (Fsp3) is 0.562. The van der Waals surface area contributed by atoms with E-state index < -0.39 is 0 Å². The molecule has 0 aliphatic rings. The second kappa shape index (κ2) is 10.3. The standard InChI is InChI=1S/C16H25NO3/c1-3-5-6-14-7-9-15(10-8-14)17-11-12-19-13-16(18)20-4-2/h7-10,17H,3-6,11-13H2,1-2H3. The summed E-state index contributed by atoms with van der Waals surface area (Å²) in [6.45, 7) is 5.55. The van der Waals surface area contributed by atoms with E-state index in [2.05, 4.69) is 36.5 Å². The van der Waals surface area contributed by atoms with E-state index in [1.165, 1.54) is 18.4 Å². The average Bonchev–Trinajstić information content (AvgIpc) is 2.46. The minimum absolute atomic E-state index is 0.0193. The van der Waals surface area contributed by atoms with E-state index in [-0.39, 0.29) is 12.6 Å². The van der Waals surface area contributed by atoms with Crippen molar-refractivity contribution < 1.29 is 14.3 Å². The average molecular weight is 279 g/mol. The summed E-state index contributed by atoms with van der Waals surface area (Å²) in [7, 11) is 0. The number of carbonyl (C=O) groups is 1. The van der Waals surface area contributed by atoms with E-state index in [9.17, 15) is 4.79 Å². The number of unbranched alkanes of at least 4 members (excludes halogenated alkanes) is 1. The Morgan fingerprint density at radius 1 is 1.20 bits per heavy atom. The fourth-order valence-corrected chi connectivity index (χ4v) is 1.80. The summed E-state index contributed by atoms with van der Waals surface area (Å²) < 4.78 is 9.98. The largest absolute Gasteiger partial charge is 0.464 e. The van der Waals surface area contributed by atoms with Crippen LogP contribution < -0.4 is 5.32 Å². The van der Waals surface area contributed by atoms with Gasteiger partial charge >= 0.3 is 5.97 Å². The molecule has 0 aromatic heterocycles. The van der Waals surface area contributed by atoms with Gasteiger partial charge in [-0.3, -0.25) is 0 Å². The van der Waals surface area contributed by atoms with Gasteiger partial charge in [-0.25, -0.2) is 4.79 Å². The highest BCUT2D eigenvalue weighted by Crippen LogP contribution is 2.11. The summed E-state index contributed by atoms with van der Waals surface area (Å²) in [5.41, 5.74) is 2.45. The molecule has 0 atom stereocenters. The van der Waals surface area contributed by atoms with E-state index >= 15 is 0 Å². The van der Waals surface area contributed by atoms with Gasteiger partial charge in [0.15, 0.2) is 0 Å². The molecule has 0 radical (unpaired) electrons. The Morgan fingerprint density at radius 2 is 1.95 bits per heavy atom. The van der Waals surface area contributed by atoms with Crippen molar-refractivity contribution in [1.29, 1.82) is 0 Å². The maximum atomic E-state index is 11.0. The predicted octanol–water partition coefficient (Wildman–Crippen LogP) is 3.02. The molecule has 0 saturated carbocycles. The van der Waals surface area contributed by atoms with Gasteiger partial charge in [-0.05, 0) is 37.5 Å². The van der Waals surface area contributed by atoms with E-state index in [1.54, 1.807) is 6.92 Å². The van der Waals surface area contributed by atoms with Crippen LogP contribution in [-0.4, -0.2) is 32.3 Å². The highest BCUT2D eigenvalue weighted by Gasteiger charge is 2.00. The van der Waals surface area contributed by atoms with Gasteiger partial charge in [0.1, 0.15) is 6.61 Å². The molecule has 4 nitrogen and oxygen atoms in total. The van der Waals surface area contributed by atoms with Crippen molar-refractivity contribution in [3.63, 3.8) is 0 Å². The number of anilines is 1. The minimum Gasteiger partial charge on any atom is -0.464 e. The molecule has 0 aliphatic heterocycles. The lowest BCUT2D eigenvalue weighted by atomic mass is 10.1. The molecule has 0 unspecified atom stereocenters. The predicted molar refractivity (Wildman–Crippen MR) is 81.0 cm³/mol. The summed E-state index contributed by atoms with van der Waals surface area (Å²) >= 11 is 0. The van der Waals surface area contributed by atoms with Crippen molar-refractivity contribution in [3.8, 4) is 0 Å². The summed E-state index contributed by atoms with van der Waals surface area (Å²) in [5, 5.41) is 3.26. The van der Waals surface area contributed by atoms with Crippen molar-refractivity contribution in [3.05, 3.63) is 29.8 Å². The van der Waals surface area contributed by atoms with Crippen LogP contribution in [0.5, 0.6) is 0 Å². The third-order valence-electron chi connectivity index (χ3n) is 2.87. The van der Waals surface area contributed by atoms with Gasteiger partial charge in [0.25, 0.3) is 0 Å². The first-order chi connectivity index (χ1) is 9.76. The number of ether oxygens (including phenoxy) is 2. The fourth-order valence-electron chi connectivity index (χ4n) is 1.80. The molecule has 112 valence electrons. The Hall–Kier alpha value is -1.55. The Kier molecular flexibility index (Phi) is 8.47. The molecule has 1 N–H and O–H groups in total. The van der Waals surface area contributed by atoms with Gasteiger partial charge in [0, 0.05) is 12.2 Å². The monoisotopic (exact) mass is 279 g/mol. The Morgan fingerprint density at radius 3 is 2.60 bits per heavy atom. The molecular formula is C16H25NO3. The number of benzene rings is 1. The number of esters is 1. The van der Waals surface area contributed by atoms with Gasteiger partial charge in [-0.15, -0.1) is 0 Å². The molecule has 0 fully saturated rings. The first-order valence-corrected chi connectivity index (χ1v) is 7.32. The number of rotatable bonds is 10. The lowest BCUT2D eigenvalue weighted by Crippen LogP contribution is -2.16. The van der Waals surface area contributed by atoms with Crippen LogP contribution >= 0.6 is 0 Å². The van der Waals surface area contributed by atoms with Crippen LogP contribution in [0.1, 0.15) is 32.3 Å². The van der Waals surface area contributed by atoms with Crippen molar-refractivity contribution in [2.75, 3.05) is 31.7 Å². The third kappa shape index (κ3) is 7.14. The molecule has 0 aliphatic carbocycles. The third-order valence-corrected chi connectivity index (χ3v) is 2.87. The normalized spacial score (nSPS) is 10.3. The molecule has 0 saturated heterocycles. The summed E-state index contributed by atoms with van der Waals surface area (Å²) in [5.74, 6) is -0.312. The first-order valence-electron chi connectivity index (χ1n) is 7.32. The smallest absolute Gasteiger partial charge is 0.332 e. The van der Waals surface area contributed by atoms with Crippen molar-refractivity contribution in [2.24, 2.45) is 0 Å². The van der Waals surface area contributed by atoms with Crippen LogP contribution in [0, 0.1) is 0 Å². The Balaban J connectivity index is 2.14. The SMILES string of the molecule is CCCCc1ccc(NCCOCC(=O)OCC)cc1. The molecule has 0 bridgehead atoms. The summed E-state index contributed by atoms with van der Waals surface area (Å²) in [6, 6.07) is 8.46. The maximum absolute atomic E-state index is 11.0. The molecule has 20 heavy (non-hydrogen) atoms. The zero-order valence-corrected chi connectivity index (χ0v) is 12.5. The molecule has 0 amide bonds. The quantitative estimate of drug-likeness (QED) is 0.528. The Bertz CT molecular complexity index is 376. The van der Waals surface area contributed by atoms with Gasteiger partial charge in [-0.2, -0.15) is 0 Å². The van der Waals surface area contributed by atoms with Crippen molar-refractivity contribution >= 4 is 11.7 Å². The van der Waals surface area contributed by atoms with Gasteiger partial charge in [0.05, 0.1) is 13.2 Å². The van der Waals surface area contributed by atoms with Crippen LogP contribution in [0.15, 0.2) is 24.3 Å². The van der Waals surface area contributed by atoms with Crippen LogP contribution in [0.2, 0.25) is 0 Å². The van der Waals surface area contributed by atoms with Crippen LogP contribution in [0.3, 0.4) is 0 Å². The van der Waals surface area contributed by atoms with E-state index in [4.69, 9.17) is 9.47 Å². The minimum atomic E-state index is -0.312. The van der Waals surface area contributed by atoms with Gasteiger partial charge < -0.3 is 14.8 Å². The Labute approximate surface area is 121 Å². The number of hydrogen-bond acceptors (Lipinski definition) is 4. The molecule has 1 aromatic rings. The van der Waals surface area contributed by atoms with E-state index in [1.807, 2.05) is 0 Å². The van der Waals surface area contributed by atoms with Crippen molar-refractivity contribution in [1.82, 2.24) is 0 Å². The van der Waals surface area contributed by atoms with Gasteiger partial charge in [0.2, 0.25) is 0 Å². The number of carbonyl (C=O) groups excluding carboxylic acids is 1. The molecular weight excluding hydrogens is 254 g/mol. The summed E-state index contributed by atoms with van der Waals surface area (Å²) in [6.07, 6.45) is 3.59. The zero-order chi connectivity index (χ0) is 14.6. The molecule has 4 heteroatoms.